The van der Waals surface area contributed by atoms with E-state index < -0.39 is 0 Å². The Hall–Kier alpha value is -0.650. The molecule has 25 heavy (non-hydrogen) atoms. The molecule has 5 heteroatoms. The predicted octanol–water partition coefficient (Wildman–Crippen LogP) is 2.44. The van der Waals surface area contributed by atoms with Crippen LogP contribution in [0.5, 0.6) is 0 Å². The van der Waals surface area contributed by atoms with Gasteiger partial charge < -0.3 is 14.4 Å². The first-order valence-corrected chi connectivity index (χ1v) is 10.5. The molecule has 4 fully saturated rings. The molecule has 4 aliphatic rings. The lowest BCUT2D eigenvalue weighted by Gasteiger charge is -2.48. The lowest BCUT2D eigenvalue weighted by molar-refractivity contribution is -0.143. The second kappa shape index (κ2) is 7.93. The lowest BCUT2D eigenvalue weighted by atomic mass is 9.78. The zero-order valence-electron chi connectivity index (χ0n) is 15.6. The van der Waals surface area contributed by atoms with Crippen molar-refractivity contribution >= 4 is 5.91 Å². The Bertz CT molecular complexity index is 450. The second-order valence-electron chi connectivity index (χ2n) is 8.56. The largest absolute Gasteiger partial charge is 0.381 e. The maximum absolute atomic E-state index is 12.5. The van der Waals surface area contributed by atoms with Crippen molar-refractivity contribution in [3.8, 4) is 0 Å². The van der Waals surface area contributed by atoms with Gasteiger partial charge in [0.1, 0.15) is 0 Å². The molecule has 4 aliphatic heterocycles. The van der Waals surface area contributed by atoms with Gasteiger partial charge in [-0.15, -0.1) is 0 Å². The van der Waals surface area contributed by atoms with Crippen LogP contribution in [-0.2, 0) is 14.3 Å². The van der Waals surface area contributed by atoms with E-state index in [2.05, 4.69) is 9.80 Å². The van der Waals surface area contributed by atoms with Crippen LogP contribution in [0.25, 0.3) is 0 Å². The highest BCUT2D eigenvalue weighted by molar-refractivity contribution is 5.76. The van der Waals surface area contributed by atoms with Crippen LogP contribution in [0, 0.1) is 5.92 Å². The third-order valence-corrected chi connectivity index (χ3v) is 6.93. The van der Waals surface area contributed by atoms with Gasteiger partial charge in [0.25, 0.3) is 0 Å². The average Bonchev–Trinajstić information content (AvgIpc) is 3.18. The summed E-state index contributed by atoms with van der Waals surface area (Å²) in [5, 5.41) is 0. The van der Waals surface area contributed by atoms with Crippen molar-refractivity contribution in [3.63, 3.8) is 0 Å². The van der Waals surface area contributed by atoms with Gasteiger partial charge in [-0.25, -0.2) is 0 Å². The van der Waals surface area contributed by atoms with Crippen molar-refractivity contribution < 1.29 is 14.3 Å². The highest BCUT2D eigenvalue weighted by Crippen LogP contribution is 2.40. The van der Waals surface area contributed by atoms with E-state index in [-0.39, 0.29) is 5.60 Å². The number of piperidine rings is 1. The van der Waals surface area contributed by atoms with E-state index >= 15 is 0 Å². The molecular weight excluding hydrogens is 316 g/mol. The van der Waals surface area contributed by atoms with Gasteiger partial charge in [0.15, 0.2) is 0 Å². The minimum Gasteiger partial charge on any atom is -0.381 e. The molecule has 0 aromatic carbocycles. The summed E-state index contributed by atoms with van der Waals surface area (Å²) < 4.78 is 11.8. The number of carbonyl (C=O) groups is 1. The summed E-state index contributed by atoms with van der Waals surface area (Å²) in [5.41, 5.74) is 0.0515. The van der Waals surface area contributed by atoms with Crippen molar-refractivity contribution in [1.29, 1.82) is 0 Å². The van der Waals surface area contributed by atoms with Crippen molar-refractivity contribution in [3.05, 3.63) is 0 Å². The Morgan fingerprint density at radius 1 is 0.960 bits per heavy atom. The molecule has 0 aromatic rings. The number of hydrogen-bond donors (Lipinski definition) is 0. The van der Waals surface area contributed by atoms with E-state index in [0.717, 1.165) is 78.1 Å². The van der Waals surface area contributed by atoms with Crippen LogP contribution in [-0.4, -0.2) is 73.3 Å². The van der Waals surface area contributed by atoms with Crippen LogP contribution < -0.4 is 0 Å². The summed E-state index contributed by atoms with van der Waals surface area (Å²) in [5.74, 6) is 0.913. The number of rotatable bonds is 3. The van der Waals surface area contributed by atoms with Crippen LogP contribution in [0.3, 0.4) is 0 Å². The summed E-state index contributed by atoms with van der Waals surface area (Å²) in [7, 11) is 0. The van der Waals surface area contributed by atoms with Crippen molar-refractivity contribution in [2.45, 2.75) is 69.4 Å². The normalized spacial score (nSPS) is 31.5. The minimum atomic E-state index is 0.0515. The molecule has 5 nitrogen and oxygen atoms in total. The van der Waals surface area contributed by atoms with Crippen LogP contribution in [0.15, 0.2) is 0 Å². The predicted molar refractivity (Wildman–Crippen MR) is 96.5 cm³/mol. The molecule has 0 saturated carbocycles. The first kappa shape index (κ1) is 17.7. The van der Waals surface area contributed by atoms with E-state index in [1.54, 1.807) is 0 Å². The second-order valence-corrected chi connectivity index (χ2v) is 8.56. The Labute approximate surface area is 152 Å². The Morgan fingerprint density at radius 2 is 1.68 bits per heavy atom. The maximum Gasteiger partial charge on any atom is 0.222 e. The smallest absolute Gasteiger partial charge is 0.222 e. The number of ether oxygens (including phenoxy) is 2. The SMILES string of the molecule is O=C(CC1CCOC2(CCN(C3CCOCC3)CC2)C1)N1CCCC1. The summed E-state index contributed by atoms with van der Waals surface area (Å²) in [6, 6.07) is 0.710. The standard InChI is InChI=1S/C20H34N2O3/c23-19(22-8-1-2-9-22)15-17-3-14-25-20(16-17)6-10-21(11-7-20)18-4-12-24-13-5-18/h17-18H,1-16H2. The number of likely N-dealkylation sites (tertiary alicyclic amines) is 2. The molecule has 1 spiro atoms. The summed E-state index contributed by atoms with van der Waals surface area (Å²) in [6.45, 7) is 6.94. The molecule has 0 N–H and O–H groups in total. The quantitative estimate of drug-likeness (QED) is 0.784. The molecule has 0 bridgehead atoms. The van der Waals surface area contributed by atoms with Gasteiger partial charge in [0.05, 0.1) is 5.60 Å². The molecule has 1 amide bonds. The fourth-order valence-corrected chi connectivity index (χ4v) is 5.34. The van der Waals surface area contributed by atoms with Crippen LogP contribution >= 0.6 is 0 Å². The van der Waals surface area contributed by atoms with E-state index in [4.69, 9.17) is 9.47 Å². The van der Waals surface area contributed by atoms with E-state index in [1.165, 1.54) is 25.7 Å². The lowest BCUT2D eigenvalue weighted by Crippen LogP contribution is -2.53. The average molecular weight is 351 g/mol. The molecule has 1 unspecified atom stereocenters. The third-order valence-electron chi connectivity index (χ3n) is 6.93. The topological polar surface area (TPSA) is 42.0 Å². The molecule has 142 valence electrons. The number of hydrogen-bond acceptors (Lipinski definition) is 4. The van der Waals surface area contributed by atoms with Crippen LogP contribution in [0.4, 0.5) is 0 Å². The van der Waals surface area contributed by atoms with Gasteiger partial charge >= 0.3 is 0 Å². The van der Waals surface area contributed by atoms with Crippen molar-refractivity contribution in [2.75, 3.05) is 46.0 Å². The molecule has 0 aliphatic carbocycles. The van der Waals surface area contributed by atoms with Crippen molar-refractivity contribution in [2.24, 2.45) is 5.92 Å². The molecule has 4 saturated heterocycles. The molecular formula is C20H34N2O3. The van der Waals surface area contributed by atoms with Gasteiger partial charge in [-0.1, -0.05) is 0 Å². The first-order valence-electron chi connectivity index (χ1n) is 10.5. The summed E-state index contributed by atoms with van der Waals surface area (Å²) >= 11 is 0. The fourth-order valence-electron chi connectivity index (χ4n) is 5.34. The zero-order chi connectivity index (χ0) is 17.1. The van der Waals surface area contributed by atoms with E-state index in [9.17, 15) is 4.79 Å². The molecule has 0 aromatic heterocycles. The maximum atomic E-state index is 12.5. The Balaban J connectivity index is 1.28. The molecule has 4 heterocycles. The van der Waals surface area contributed by atoms with Gasteiger partial charge in [-0.3, -0.25) is 9.69 Å². The van der Waals surface area contributed by atoms with E-state index in [1.807, 2.05) is 0 Å². The molecule has 4 rings (SSSR count). The van der Waals surface area contributed by atoms with Gasteiger partial charge in [-0.2, -0.15) is 0 Å². The highest BCUT2D eigenvalue weighted by Gasteiger charge is 2.42. The third kappa shape index (κ3) is 4.20. The van der Waals surface area contributed by atoms with Gasteiger partial charge in [0.2, 0.25) is 5.91 Å². The van der Waals surface area contributed by atoms with Crippen molar-refractivity contribution in [1.82, 2.24) is 9.80 Å². The Morgan fingerprint density at radius 3 is 2.40 bits per heavy atom. The Kier molecular flexibility index (Phi) is 5.63. The highest BCUT2D eigenvalue weighted by atomic mass is 16.5. The zero-order valence-corrected chi connectivity index (χ0v) is 15.6. The van der Waals surface area contributed by atoms with Crippen LogP contribution in [0.2, 0.25) is 0 Å². The monoisotopic (exact) mass is 350 g/mol. The van der Waals surface area contributed by atoms with Gasteiger partial charge in [-0.05, 0) is 57.3 Å². The number of nitrogens with zero attached hydrogens (tertiary/aromatic N) is 2. The minimum absolute atomic E-state index is 0.0515. The van der Waals surface area contributed by atoms with Gasteiger partial charge in [0, 0.05) is 58.5 Å². The fraction of sp³-hybridized carbons (Fsp3) is 0.950. The van der Waals surface area contributed by atoms with E-state index in [0.29, 0.717) is 17.9 Å². The molecule has 1 atom stereocenters. The van der Waals surface area contributed by atoms with Crippen LogP contribution in [0.1, 0.15) is 57.8 Å². The summed E-state index contributed by atoms with van der Waals surface area (Å²) in [6.07, 6.45) is 9.91. The summed E-state index contributed by atoms with van der Waals surface area (Å²) in [4.78, 5) is 17.3. The number of carbonyl (C=O) groups excluding carboxylic acids is 1. The molecule has 0 radical (unpaired) electrons. The number of amides is 1. The first-order chi connectivity index (χ1) is 12.2.